The largest absolute Gasteiger partial charge is 0.373 e. The first-order chi connectivity index (χ1) is 8.25. The van der Waals surface area contributed by atoms with E-state index >= 15 is 0 Å². The molecule has 0 aliphatic carbocycles. The maximum absolute atomic E-state index is 12.2. The van der Waals surface area contributed by atoms with Crippen LogP contribution >= 0.6 is 11.3 Å². The maximum atomic E-state index is 12.2. The number of nitrogens with zero attached hydrogens (tertiary/aromatic N) is 2. The quantitative estimate of drug-likeness (QED) is 0.744. The standard InChI is InChI=1S/C12H16N2O2S/c1-13-4-5-16-10-8-14(7-9(10)13)12(15)11-3-2-6-17-11/h2-3,6,9-10H,4-5,7-8H2,1H3/t9-,10+/m1/s1. The fourth-order valence-corrected chi connectivity index (χ4v) is 3.27. The van der Waals surface area contributed by atoms with Gasteiger partial charge in [0.15, 0.2) is 0 Å². The summed E-state index contributed by atoms with van der Waals surface area (Å²) >= 11 is 1.51. The Bertz CT molecular complexity index is 407. The highest BCUT2D eigenvalue weighted by molar-refractivity contribution is 7.12. The van der Waals surface area contributed by atoms with E-state index in [9.17, 15) is 4.79 Å². The summed E-state index contributed by atoms with van der Waals surface area (Å²) in [6.45, 7) is 3.25. The van der Waals surface area contributed by atoms with E-state index in [1.54, 1.807) is 0 Å². The number of carbonyl (C=O) groups excluding carboxylic acids is 1. The molecule has 0 spiro atoms. The lowest BCUT2D eigenvalue weighted by molar-refractivity contribution is -0.0368. The van der Waals surface area contributed by atoms with Crippen molar-refractivity contribution in [3.63, 3.8) is 0 Å². The fourth-order valence-electron chi connectivity index (χ4n) is 2.58. The van der Waals surface area contributed by atoms with E-state index in [4.69, 9.17) is 4.74 Å². The Kier molecular flexibility index (Phi) is 2.90. The van der Waals surface area contributed by atoms with Crippen molar-refractivity contribution >= 4 is 17.2 Å². The van der Waals surface area contributed by atoms with Crippen molar-refractivity contribution in [1.29, 1.82) is 0 Å². The number of amides is 1. The number of likely N-dealkylation sites (tertiary alicyclic amines) is 1. The van der Waals surface area contributed by atoms with Crippen LogP contribution in [0.3, 0.4) is 0 Å². The van der Waals surface area contributed by atoms with E-state index in [1.165, 1.54) is 11.3 Å². The molecule has 2 saturated heterocycles. The number of hydrogen-bond acceptors (Lipinski definition) is 4. The van der Waals surface area contributed by atoms with Gasteiger partial charge < -0.3 is 9.64 Å². The van der Waals surface area contributed by atoms with Crippen molar-refractivity contribution in [2.24, 2.45) is 0 Å². The van der Waals surface area contributed by atoms with E-state index in [2.05, 4.69) is 11.9 Å². The molecule has 5 heteroatoms. The van der Waals surface area contributed by atoms with Crippen molar-refractivity contribution in [1.82, 2.24) is 9.80 Å². The van der Waals surface area contributed by atoms with Gasteiger partial charge >= 0.3 is 0 Å². The number of likely N-dealkylation sites (N-methyl/N-ethyl adjacent to an activating group) is 1. The second kappa shape index (κ2) is 4.40. The van der Waals surface area contributed by atoms with Gasteiger partial charge in [0.1, 0.15) is 0 Å². The highest BCUT2D eigenvalue weighted by atomic mass is 32.1. The molecule has 2 atom stereocenters. The minimum Gasteiger partial charge on any atom is -0.373 e. The molecular formula is C12H16N2O2S. The Balaban J connectivity index is 1.73. The average Bonchev–Trinajstić information content (AvgIpc) is 2.98. The SMILES string of the molecule is CN1CCO[C@H]2CN(C(=O)c3cccs3)C[C@H]21. The van der Waals surface area contributed by atoms with Gasteiger partial charge in [-0.3, -0.25) is 9.69 Å². The first-order valence-corrected chi connectivity index (χ1v) is 6.78. The zero-order valence-corrected chi connectivity index (χ0v) is 10.7. The molecule has 2 aliphatic rings. The summed E-state index contributed by atoms with van der Waals surface area (Å²) in [6, 6.07) is 4.18. The molecule has 3 heterocycles. The zero-order chi connectivity index (χ0) is 11.8. The van der Waals surface area contributed by atoms with Crippen LogP contribution in [0.25, 0.3) is 0 Å². The molecule has 0 N–H and O–H groups in total. The number of fused-ring (bicyclic) bond motifs is 1. The lowest BCUT2D eigenvalue weighted by atomic mass is 10.1. The third-order valence-corrected chi connectivity index (χ3v) is 4.46. The monoisotopic (exact) mass is 252 g/mol. The van der Waals surface area contributed by atoms with Gasteiger partial charge in [0, 0.05) is 19.6 Å². The lowest BCUT2D eigenvalue weighted by Gasteiger charge is -2.33. The number of carbonyl (C=O) groups is 1. The molecule has 1 amide bonds. The van der Waals surface area contributed by atoms with Crippen molar-refractivity contribution in [2.75, 3.05) is 33.3 Å². The van der Waals surface area contributed by atoms with E-state index in [1.807, 2.05) is 22.4 Å². The highest BCUT2D eigenvalue weighted by Crippen LogP contribution is 2.24. The summed E-state index contributed by atoms with van der Waals surface area (Å²) in [5, 5.41) is 1.94. The van der Waals surface area contributed by atoms with Crippen LogP contribution < -0.4 is 0 Å². The van der Waals surface area contributed by atoms with Gasteiger partial charge in [0.2, 0.25) is 0 Å². The number of ether oxygens (including phenoxy) is 1. The Labute approximate surface area is 105 Å². The van der Waals surface area contributed by atoms with E-state index in [-0.39, 0.29) is 12.0 Å². The molecule has 0 saturated carbocycles. The van der Waals surface area contributed by atoms with Crippen molar-refractivity contribution < 1.29 is 9.53 Å². The molecule has 1 aromatic rings. The van der Waals surface area contributed by atoms with Crippen LogP contribution in [0.2, 0.25) is 0 Å². The third-order valence-electron chi connectivity index (χ3n) is 3.60. The Morgan fingerprint density at radius 2 is 2.41 bits per heavy atom. The van der Waals surface area contributed by atoms with Crippen LogP contribution in [0.1, 0.15) is 9.67 Å². The van der Waals surface area contributed by atoms with Crippen LogP contribution in [0.4, 0.5) is 0 Å². The predicted octanol–water partition coefficient (Wildman–Crippen LogP) is 0.903. The van der Waals surface area contributed by atoms with Crippen molar-refractivity contribution in [2.45, 2.75) is 12.1 Å². The minimum absolute atomic E-state index is 0.145. The van der Waals surface area contributed by atoms with Gasteiger partial charge in [-0.2, -0.15) is 0 Å². The molecule has 2 fully saturated rings. The topological polar surface area (TPSA) is 32.8 Å². The molecular weight excluding hydrogens is 236 g/mol. The predicted molar refractivity (Wildman–Crippen MR) is 66.4 cm³/mol. The summed E-state index contributed by atoms with van der Waals surface area (Å²) in [4.78, 5) is 17.3. The molecule has 0 radical (unpaired) electrons. The van der Waals surface area contributed by atoms with Crippen molar-refractivity contribution in [3.8, 4) is 0 Å². The summed E-state index contributed by atoms with van der Waals surface area (Å²) in [5.74, 6) is 0.145. The summed E-state index contributed by atoms with van der Waals surface area (Å²) in [6.07, 6.45) is 0.192. The highest BCUT2D eigenvalue weighted by Gasteiger charge is 2.40. The molecule has 3 rings (SSSR count). The molecule has 92 valence electrons. The number of morpholine rings is 1. The van der Waals surface area contributed by atoms with E-state index in [0.717, 1.165) is 31.1 Å². The molecule has 4 nitrogen and oxygen atoms in total. The van der Waals surface area contributed by atoms with Gasteiger partial charge in [-0.25, -0.2) is 0 Å². The van der Waals surface area contributed by atoms with Gasteiger partial charge in [-0.05, 0) is 18.5 Å². The van der Waals surface area contributed by atoms with Crippen LogP contribution in [-0.4, -0.2) is 61.1 Å². The molecule has 0 unspecified atom stereocenters. The summed E-state index contributed by atoms with van der Waals surface area (Å²) in [7, 11) is 2.11. The normalized spacial score (nSPS) is 29.4. The smallest absolute Gasteiger partial charge is 0.264 e. The van der Waals surface area contributed by atoms with Gasteiger partial charge in [-0.1, -0.05) is 6.07 Å². The van der Waals surface area contributed by atoms with Gasteiger partial charge in [0.25, 0.3) is 5.91 Å². The summed E-state index contributed by atoms with van der Waals surface area (Å²) < 4.78 is 5.74. The van der Waals surface area contributed by atoms with Crippen LogP contribution in [-0.2, 0) is 4.74 Å². The minimum atomic E-state index is 0.145. The second-order valence-electron chi connectivity index (χ2n) is 4.64. The molecule has 2 aliphatic heterocycles. The first kappa shape index (κ1) is 11.2. The third kappa shape index (κ3) is 1.99. The van der Waals surface area contributed by atoms with Crippen LogP contribution in [0.15, 0.2) is 17.5 Å². The van der Waals surface area contributed by atoms with E-state index in [0.29, 0.717) is 6.04 Å². The molecule has 0 bridgehead atoms. The Morgan fingerprint density at radius 3 is 3.12 bits per heavy atom. The Hall–Kier alpha value is -0.910. The van der Waals surface area contributed by atoms with Crippen LogP contribution in [0, 0.1) is 0 Å². The van der Waals surface area contributed by atoms with E-state index < -0.39 is 0 Å². The second-order valence-corrected chi connectivity index (χ2v) is 5.59. The van der Waals surface area contributed by atoms with Gasteiger partial charge in [0.05, 0.1) is 23.6 Å². The molecule has 0 aromatic carbocycles. The zero-order valence-electron chi connectivity index (χ0n) is 9.83. The number of rotatable bonds is 1. The first-order valence-electron chi connectivity index (χ1n) is 5.90. The van der Waals surface area contributed by atoms with Crippen molar-refractivity contribution in [3.05, 3.63) is 22.4 Å². The molecule has 17 heavy (non-hydrogen) atoms. The fraction of sp³-hybridized carbons (Fsp3) is 0.583. The lowest BCUT2D eigenvalue weighted by Crippen LogP contribution is -2.48. The summed E-state index contributed by atoms with van der Waals surface area (Å²) in [5.41, 5.74) is 0. The Morgan fingerprint density at radius 1 is 1.53 bits per heavy atom. The average molecular weight is 252 g/mol. The number of hydrogen-bond donors (Lipinski definition) is 0. The number of thiophene rings is 1. The molecule has 1 aromatic heterocycles. The van der Waals surface area contributed by atoms with Gasteiger partial charge in [-0.15, -0.1) is 11.3 Å². The van der Waals surface area contributed by atoms with Crippen LogP contribution in [0.5, 0.6) is 0 Å². The maximum Gasteiger partial charge on any atom is 0.264 e.